The van der Waals surface area contributed by atoms with Crippen molar-refractivity contribution in [2.24, 2.45) is 0 Å². The van der Waals surface area contributed by atoms with Crippen molar-refractivity contribution in [2.75, 3.05) is 6.61 Å². The summed E-state index contributed by atoms with van der Waals surface area (Å²) in [6.07, 6.45) is 1.57. The Balaban J connectivity index is 2.36. The van der Waals surface area contributed by atoms with Gasteiger partial charge in [-0.05, 0) is 24.5 Å². The fourth-order valence-corrected chi connectivity index (χ4v) is 2.48. The Morgan fingerprint density at radius 1 is 1.38 bits per heavy atom. The Kier molecular flexibility index (Phi) is 5.02. The van der Waals surface area contributed by atoms with E-state index in [0.29, 0.717) is 23.7 Å². The molecule has 21 heavy (non-hydrogen) atoms. The summed E-state index contributed by atoms with van der Waals surface area (Å²) in [6, 6.07) is 7.63. The molecule has 0 fully saturated rings. The first-order valence-corrected chi connectivity index (χ1v) is 7.38. The molecule has 0 unspecified atom stereocenters. The van der Waals surface area contributed by atoms with Gasteiger partial charge in [-0.15, -0.1) is 0 Å². The quantitative estimate of drug-likeness (QED) is 0.787. The van der Waals surface area contributed by atoms with Gasteiger partial charge in [-0.25, -0.2) is 4.79 Å². The zero-order chi connectivity index (χ0) is 15.4. The number of rotatable bonds is 5. The van der Waals surface area contributed by atoms with Crippen molar-refractivity contribution in [1.29, 1.82) is 0 Å². The van der Waals surface area contributed by atoms with Crippen LogP contribution in [0.1, 0.15) is 48.3 Å². The van der Waals surface area contributed by atoms with E-state index in [1.165, 1.54) is 0 Å². The highest BCUT2D eigenvalue weighted by atomic mass is 35.5. The Bertz CT molecular complexity index is 635. The van der Waals surface area contributed by atoms with Crippen molar-refractivity contribution in [3.05, 3.63) is 52.3 Å². The lowest BCUT2D eigenvalue weighted by molar-refractivity contribution is 0.0524. The molecule has 0 atom stereocenters. The molecular weight excluding hydrogens is 288 g/mol. The minimum atomic E-state index is -0.327. The minimum absolute atomic E-state index is 0.161. The molecule has 0 bridgehead atoms. The van der Waals surface area contributed by atoms with Gasteiger partial charge < -0.3 is 4.74 Å². The molecule has 2 aromatic rings. The molecule has 0 aliphatic rings. The normalized spacial score (nSPS) is 10.9. The van der Waals surface area contributed by atoms with E-state index < -0.39 is 0 Å². The Labute approximate surface area is 129 Å². The summed E-state index contributed by atoms with van der Waals surface area (Å²) in [5.74, 6) is -0.166. The average molecular weight is 307 g/mol. The third-order valence-electron chi connectivity index (χ3n) is 3.20. The summed E-state index contributed by atoms with van der Waals surface area (Å²) in [7, 11) is 0. The summed E-state index contributed by atoms with van der Waals surface area (Å²) in [5.41, 5.74) is 2.37. The smallest absolute Gasteiger partial charge is 0.341 e. The van der Waals surface area contributed by atoms with E-state index in [0.717, 1.165) is 11.3 Å². The second-order valence-corrected chi connectivity index (χ2v) is 5.47. The van der Waals surface area contributed by atoms with Gasteiger partial charge in [-0.3, -0.25) is 4.68 Å². The number of hydrogen-bond acceptors (Lipinski definition) is 3. The lowest BCUT2D eigenvalue weighted by Crippen LogP contribution is -2.12. The summed E-state index contributed by atoms with van der Waals surface area (Å²) < 4.78 is 6.91. The Hall–Kier alpha value is -1.81. The largest absolute Gasteiger partial charge is 0.462 e. The predicted molar refractivity (Wildman–Crippen MR) is 82.8 cm³/mol. The van der Waals surface area contributed by atoms with Gasteiger partial charge in [0, 0.05) is 5.02 Å². The van der Waals surface area contributed by atoms with Gasteiger partial charge in [0.15, 0.2) is 0 Å². The van der Waals surface area contributed by atoms with Crippen molar-refractivity contribution >= 4 is 17.6 Å². The van der Waals surface area contributed by atoms with Crippen LogP contribution in [-0.2, 0) is 11.3 Å². The fraction of sp³-hybridized carbons (Fsp3) is 0.375. The SMILES string of the molecule is CCOC(=O)c1cnn(Cc2ccccc2Cl)c1C(C)C. The molecular formula is C16H19ClN2O2. The first-order chi connectivity index (χ1) is 10.0. The molecule has 0 radical (unpaired) electrons. The van der Waals surface area contributed by atoms with Crippen molar-refractivity contribution in [3.8, 4) is 0 Å². The van der Waals surface area contributed by atoms with E-state index >= 15 is 0 Å². The van der Waals surface area contributed by atoms with Crippen LogP contribution in [0.5, 0.6) is 0 Å². The molecule has 0 aliphatic carbocycles. The summed E-state index contributed by atoms with van der Waals surface area (Å²) >= 11 is 6.19. The standard InChI is InChI=1S/C16H19ClN2O2/c1-4-21-16(20)13-9-18-19(15(13)11(2)3)10-12-7-5-6-8-14(12)17/h5-9,11H,4,10H2,1-3H3. The van der Waals surface area contributed by atoms with E-state index in [1.54, 1.807) is 13.1 Å². The van der Waals surface area contributed by atoms with Crippen LogP contribution in [-0.4, -0.2) is 22.4 Å². The van der Waals surface area contributed by atoms with Crippen molar-refractivity contribution in [1.82, 2.24) is 9.78 Å². The van der Waals surface area contributed by atoms with Gasteiger partial charge in [0.05, 0.1) is 25.0 Å². The van der Waals surface area contributed by atoms with Gasteiger partial charge in [0.1, 0.15) is 5.56 Å². The van der Waals surface area contributed by atoms with E-state index in [1.807, 2.05) is 42.8 Å². The third kappa shape index (κ3) is 3.45. The van der Waals surface area contributed by atoms with Crippen molar-refractivity contribution < 1.29 is 9.53 Å². The van der Waals surface area contributed by atoms with Crippen LogP contribution >= 0.6 is 11.6 Å². The van der Waals surface area contributed by atoms with Crippen LogP contribution in [0.3, 0.4) is 0 Å². The molecule has 2 rings (SSSR count). The molecule has 4 nitrogen and oxygen atoms in total. The first kappa shape index (κ1) is 15.6. The molecule has 0 amide bonds. The molecule has 112 valence electrons. The molecule has 0 spiro atoms. The van der Waals surface area contributed by atoms with Crippen molar-refractivity contribution in [3.63, 3.8) is 0 Å². The van der Waals surface area contributed by atoms with Gasteiger partial charge in [-0.2, -0.15) is 5.10 Å². The number of nitrogens with zero attached hydrogens (tertiary/aromatic N) is 2. The lowest BCUT2D eigenvalue weighted by Gasteiger charge is -2.13. The van der Waals surface area contributed by atoms with Crippen molar-refractivity contribution in [2.45, 2.75) is 33.2 Å². The molecule has 1 aromatic heterocycles. The molecule has 0 saturated heterocycles. The third-order valence-corrected chi connectivity index (χ3v) is 3.57. The van der Waals surface area contributed by atoms with E-state index in [-0.39, 0.29) is 11.9 Å². The molecule has 1 aromatic carbocycles. The molecule has 0 aliphatic heterocycles. The summed E-state index contributed by atoms with van der Waals surface area (Å²) in [6.45, 7) is 6.74. The van der Waals surface area contributed by atoms with Crippen LogP contribution in [0.2, 0.25) is 5.02 Å². The maximum absolute atomic E-state index is 12.0. The number of hydrogen-bond donors (Lipinski definition) is 0. The van der Waals surface area contributed by atoms with E-state index in [4.69, 9.17) is 16.3 Å². The number of aromatic nitrogens is 2. The number of halogens is 1. The molecule has 0 N–H and O–H groups in total. The first-order valence-electron chi connectivity index (χ1n) is 7.00. The van der Waals surface area contributed by atoms with Crippen LogP contribution in [0, 0.1) is 0 Å². The van der Waals surface area contributed by atoms with Gasteiger partial charge >= 0.3 is 5.97 Å². The maximum Gasteiger partial charge on any atom is 0.341 e. The Morgan fingerprint density at radius 2 is 2.10 bits per heavy atom. The average Bonchev–Trinajstić information content (AvgIpc) is 2.85. The van der Waals surface area contributed by atoms with Gasteiger partial charge in [0.25, 0.3) is 0 Å². The topological polar surface area (TPSA) is 44.1 Å². The number of carbonyl (C=O) groups excluding carboxylic acids is 1. The van der Waals surface area contributed by atoms with Crippen LogP contribution < -0.4 is 0 Å². The number of benzene rings is 1. The minimum Gasteiger partial charge on any atom is -0.462 e. The van der Waals surface area contributed by atoms with Gasteiger partial charge in [0.2, 0.25) is 0 Å². The number of esters is 1. The highest BCUT2D eigenvalue weighted by Crippen LogP contribution is 2.23. The fourth-order valence-electron chi connectivity index (χ4n) is 2.28. The predicted octanol–water partition coefficient (Wildman–Crippen LogP) is 3.88. The second kappa shape index (κ2) is 6.76. The number of ether oxygens (including phenoxy) is 1. The summed E-state index contributed by atoms with van der Waals surface area (Å²) in [4.78, 5) is 12.0. The van der Waals surface area contributed by atoms with E-state index in [2.05, 4.69) is 5.10 Å². The van der Waals surface area contributed by atoms with Crippen LogP contribution in [0.25, 0.3) is 0 Å². The highest BCUT2D eigenvalue weighted by Gasteiger charge is 2.21. The monoisotopic (exact) mass is 306 g/mol. The molecule has 1 heterocycles. The molecule has 0 saturated carbocycles. The zero-order valence-electron chi connectivity index (χ0n) is 12.5. The Morgan fingerprint density at radius 3 is 2.71 bits per heavy atom. The zero-order valence-corrected chi connectivity index (χ0v) is 13.2. The van der Waals surface area contributed by atoms with Gasteiger partial charge in [-0.1, -0.05) is 43.6 Å². The maximum atomic E-state index is 12.0. The second-order valence-electron chi connectivity index (χ2n) is 5.07. The number of carbonyl (C=O) groups is 1. The van der Waals surface area contributed by atoms with Crippen LogP contribution in [0.15, 0.2) is 30.5 Å². The summed E-state index contributed by atoms with van der Waals surface area (Å²) in [5, 5.41) is 5.03. The van der Waals surface area contributed by atoms with E-state index in [9.17, 15) is 4.79 Å². The molecule has 5 heteroatoms. The highest BCUT2D eigenvalue weighted by molar-refractivity contribution is 6.31. The van der Waals surface area contributed by atoms with Crippen LogP contribution in [0.4, 0.5) is 0 Å². The lowest BCUT2D eigenvalue weighted by atomic mass is 10.1.